The molecular formula is C13H16O6. The number of methoxy groups -OCH3 is 1. The van der Waals surface area contributed by atoms with Crippen LogP contribution < -0.4 is 4.74 Å². The molecule has 3 N–H and O–H groups in total. The number of cyclic esters (lactones) is 1. The molecule has 2 atom stereocenters. The van der Waals surface area contributed by atoms with Crippen LogP contribution >= 0.6 is 0 Å². The average molecular weight is 268 g/mol. The van der Waals surface area contributed by atoms with Gasteiger partial charge in [0.1, 0.15) is 23.2 Å². The van der Waals surface area contributed by atoms with Crippen molar-refractivity contribution in [2.24, 2.45) is 0 Å². The molecule has 0 aromatic heterocycles. The number of carbonyl (C=O) groups excluding carboxylic acids is 1. The Morgan fingerprint density at radius 3 is 2.68 bits per heavy atom. The second-order valence-electron chi connectivity index (χ2n) is 4.67. The zero-order valence-electron chi connectivity index (χ0n) is 10.9. The topological polar surface area (TPSA) is 96.2 Å². The van der Waals surface area contributed by atoms with Crippen molar-refractivity contribution in [3.63, 3.8) is 0 Å². The minimum atomic E-state index is -1.41. The predicted octanol–water partition coefficient (Wildman–Crippen LogP) is 0.448. The van der Waals surface area contributed by atoms with E-state index in [1.165, 1.54) is 20.1 Å². The third-order valence-corrected chi connectivity index (χ3v) is 3.55. The lowest BCUT2D eigenvalue weighted by atomic mass is 9.85. The molecule has 0 bridgehead atoms. The Morgan fingerprint density at radius 2 is 2.16 bits per heavy atom. The Labute approximate surface area is 110 Å². The first-order valence-electron chi connectivity index (χ1n) is 5.80. The standard InChI is InChI=1S/C13H16O6/c1-6-8(18-3)4-7(15)10-11(6)13(2,9(16)5-14)19-12(10)17/h4,9,14-16H,5H2,1-3H3/t9-,13+/m1/s1. The molecule has 0 saturated heterocycles. The van der Waals surface area contributed by atoms with Gasteiger partial charge in [-0.15, -0.1) is 0 Å². The van der Waals surface area contributed by atoms with Crippen LogP contribution in [-0.4, -0.2) is 41.1 Å². The van der Waals surface area contributed by atoms with Crippen molar-refractivity contribution in [1.82, 2.24) is 0 Å². The lowest BCUT2D eigenvalue weighted by Gasteiger charge is -2.29. The monoisotopic (exact) mass is 268 g/mol. The maximum atomic E-state index is 11.9. The van der Waals surface area contributed by atoms with Gasteiger partial charge in [0.05, 0.1) is 13.7 Å². The molecule has 0 aliphatic carbocycles. The Hall–Kier alpha value is -1.79. The van der Waals surface area contributed by atoms with Crippen LogP contribution in [0.1, 0.15) is 28.4 Å². The molecule has 6 heteroatoms. The summed E-state index contributed by atoms with van der Waals surface area (Å²) >= 11 is 0. The number of carbonyl (C=O) groups is 1. The molecule has 2 rings (SSSR count). The van der Waals surface area contributed by atoms with Crippen LogP contribution in [0, 0.1) is 6.92 Å². The molecule has 0 amide bonds. The zero-order chi connectivity index (χ0) is 14.4. The van der Waals surface area contributed by atoms with Gasteiger partial charge in [-0.05, 0) is 19.4 Å². The molecular weight excluding hydrogens is 252 g/mol. The van der Waals surface area contributed by atoms with Gasteiger partial charge in [0.2, 0.25) is 0 Å². The van der Waals surface area contributed by atoms with Gasteiger partial charge in [-0.25, -0.2) is 4.79 Å². The van der Waals surface area contributed by atoms with E-state index in [9.17, 15) is 15.0 Å². The molecule has 1 aliphatic heterocycles. The maximum absolute atomic E-state index is 11.9. The van der Waals surface area contributed by atoms with E-state index in [0.29, 0.717) is 16.9 Å². The number of benzene rings is 1. The first kappa shape index (κ1) is 13.6. The summed E-state index contributed by atoms with van der Waals surface area (Å²) in [4.78, 5) is 11.9. The minimum Gasteiger partial charge on any atom is -0.507 e. The highest BCUT2D eigenvalue weighted by Gasteiger charge is 2.50. The van der Waals surface area contributed by atoms with E-state index in [2.05, 4.69) is 0 Å². The fourth-order valence-corrected chi connectivity index (χ4v) is 2.49. The van der Waals surface area contributed by atoms with Gasteiger partial charge < -0.3 is 24.8 Å². The number of phenolic OH excluding ortho intramolecular Hbond substituents is 1. The van der Waals surface area contributed by atoms with Crippen molar-refractivity contribution in [1.29, 1.82) is 0 Å². The van der Waals surface area contributed by atoms with Crippen molar-refractivity contribution in [2.45, 2.75) is 25.6 Å². The average Bonchev–Trinajstić information content (AvgIpc) is 2.66. The van der Waals surface area contributed by atoms with E-state index in [0.717, 1.165) is 0 Å². The predicted molar refractivity (Wildman–Crippen MR) is 65.3 cm³/mol. The molecule has 0 unspecified atom stereocenters. The fraction of sp³-hybridized carbons (Fsp3) is 0.462. The number of aromatic hydroxyl groups is 1. The summed E-state index contributed by atoms with van der Waals surface area (Å²) in [6.07, 6.45) is -1.29. The van der Waals surface area contributed by atoms with Crippen molar-refractivity contribution >= 4 is 5.97 Å². The van der Waals surface area contributed by atoms with E-state index in [1.54, 1.807) is 6.92 Å². The molecule has 0 saturated carbocycles. The summed E-state index contributed by atoms with van der Waals surface area (Å²) in [5, 5.41) is 28.9. The van der Waals surface area contributed by atoms with Gasteiger partial charge in [-0.1, -0.05) is 0 Å². The summed E-state index contributed by atoms with van der Waals surface area (Å²) in [5.74, 6) is -0.615. The van der Waals surface area contributed by atoms with Crippen LogP contribution in [0.25, 0.3) is 0 Å². The molecule has 1 aromatic carbocycles. The number of aliphatic hydroxyl groups is 2. The van der Waals surface area contributed by atoms with Gasteiger partial charge in [0.25, 0.3) is 0 Å². The number of esters is 1. The fourth-order valence-electron chi connectivity index (χ4n) is 2.49. The first-order chi connectivity index (χ1) is 8.86. The number of ether oxygens (including phenoxy) is 2. The molecule has 0 spiro atoms. The Kier molecular flexibility index (Phi) is 3.15. The summed E-state index contributed by atoms with van der Waals surface area (Å²) < 4.78 is 10.3. The Bertz CT molecular complexity index is 538. The SMILES string of the molecule is COc1cc(O)c2c(c1C)[C@](C)([C@H](O)CO)OC2=O. The number of rotatable bonds is 3. The van der Waals surface area contributed by atoms with Gasteiger partial charge in [-0.2, -0.15) is 0 Å². The number of aliphatic hydroxyl groups excluding tert-OH is 2. The van der Waals surface area contributed by atoms with Crippen LogP contribution in [0.4, 0.5) is 0 Å². The summed E-state index contributed by atoms with van der Waals surface area (Å²) in [6, 6.07) is 1.33. The second-order valence-corrected chi connectivity index (χ2v) is 4.67. The normalized spacial score (nSPS) is 22.9. The molecule has 1 aliphatic rings. The minimum absolute atomic E-state index is 0.00769. The van der Waals surface area contributed by atoms with Gasteiger partial charge in [0, 0.05) is 11.6 Å². The van der Waals surface area contributed by atoms with E-state index in [1.807, 2.05) is 0 Å². The molecule has 0 fully saturated rings. The van der Waals surface area contributed by atoms with Crippen LogP contribution in [0.2, 0.25) is 0 Å². The van der Waals surface area contributed by atoms with Gasteiger partial charge in [0.15, 0.2) is 5.60 Å². The maximum Gasteiger partial charge on any atom is 0.343 e. The van der Waals surface area contributed by atoms with E-state index < -0.39 is 24.3 Å². The number of hydrogen-bond donors (Lipinski definition) is 3. The van der Waals surface area contributed by atoms with E-state index in [4.69, 9.17) is 14.6 Å². The first-order valence-corrected chi connectivity index (χ1v) is 5.80. The highest BCUT2D eigenvalue weighted by Crippen LogP contribution is 2.47. The Morgan fingerprint density at radius 1 is 1.53 bits per heavy atom. The largest absolute Gasteiger partial charge is 0.507 e. The molecule has 0 radical (unpaired) electrons. The highest BCUT2D eigenvalue weighted by atomic mass is 16.6. The summed E-state index contributed by atoms with van der Waals surface area (Å²) in [7, 11) is 1.44. The number of hydrogen-bond acceptors (Lipinski definition) is 6. The third kappa shape index (κ3) is 1.75. The molecule has 6 nitrogen and oxygen atoms in total. The van der Waals surface area contributed by atoms with Gasteiger partial charge in [-0.3, -0.25) is 0 Å². The van der Waals surface area contributed by atoms with Crippen molar-refractivity contribution in [2.75, 3.05) is 13.7 Å². The van der Waals surface area contributed by atoms with Crippen LogP contribution in [0.3, 0.4) is 0 Å². The third-order valence-electron chi connectivity index (χ3n) is 3.55. The molecule has 1 aromatic rings. The summed E-state index contributed by atoms with van der Waals surface area (Å²) in [6.45, 7) is 2.62. The molecule has 19 heavy (non-hydrogen) atoms. The number of phenols is 1. The lowest BCUT2D eigenvalue weighted by Crippen LogP contribution is -2.39. The van der Waals surface area contributed by atoms with Crippen molar-refractivity contribution in [3.05, 3.63) is 22.8 Å². The van der Waals surface area contributed by atoms with Gasteiger partial charge >= 0.3 is 5.97 Å². The number of fused-ring (bicyclic) bond motifs is 1. The Balaban J connectivity index is 2.75. The van der Waals surface area contributed by atoms with Crippen molar-refractivity contribution < 1.29 is 29.6 Å². The highest BCUT2D eigenvalue weighted by molar-refractivity contribution is 5.98. The molecule has 1 heterocycles. The van der Waals surface area contributed by atoms with E-state index in [-0.39, 0.29) is 11.3 Å². The van der Waals surface area contributed by atoms with E-state index >= 15 is 0 Å². The summed E-state index contributed by atoms with van der Waals surface area (Å²) in [5.41, 5.74) is -0.475. The quantitative estimate of drug-likeness (QED) is 0.689. The smallest absolute Gasteiger partial charge is 0.343 e. The lowest BCUT2D eigenvalue weighted by molar-refractivity contribution is -0.0907. The van der Waals surface area contributed by atoms with Crippen LogP contribution in [-0.2, 0) is 10.3 Å². The van der Waals surface area contributed by atoms with Crippen LogP contribution in [0.5, 0.6) is 11.5 Å². The second kappa shape index (κ2) is 4.40. The zero-order valence-corrected chi connectivity index (χ0v) is 10.9. The van der Waals surface area contributed by atoms with Crippen molar-refractivity contribution in [3.8, 4) is 11.5 Å². The van der Waals surface area contributed by atoms with Crippen LogP contribution in [0.15, 0.2) is 6.07 Å². The molecule has 104 valence electrons.